The Kier molecular flexibility index (Phi) is 5.28. The largest absolute Gasteiger partial charge is 0.494 e. The first kappa shape index (κ1) is 20.1. The zero-order valence-electron chi connectivity index (χ0n) is 22.2. The van der Waals surface area contributed by atoms with Crippen LogP contribution in [-0.2, 0) is 15.1 Å². The third-order valence-electron chi connectivity index (χ3n) is 5.90. The quantitative estimate of drug-likeness (QED) is 0.362. The highest BCUT2D eigenvalue weighted by molar-refractivity contribution is 6.00. The topological polar surface area (TPSA) is 160 Å². The van der Waals surface area contributed by atoms with Crippen LogP contribution in [0.4, 0.5) is 17.2 Å². The fourth-order valence-corrected chi connectivity index (χ4v) is 3.70. The molecule has 4 N–H and O–H groups in total. The standard InChI is InChI=1S/C24H25N7O5/c1-25-23(33)20-16(8-19(30-31-20)29-22(32)13-6-7-13)28-15-5-3-4-14(21(15)35-2)17-9-27-18(10-26-17)24(34)11-36-12-24/h3-5,8-10,13,34H,6-7,11-12H2,1-2H3,(H,25,33)(H2,28,29,30,32)/i1D3. The summed E-state index contributed by atoms with van der Waals surface area (Å²) in [6.45, 7) is -2.47. The average molecular weight is 495 g/mol. The molecule has 0 bridgehead atoms. The Balaban J connectivity index is 1.48. The maximum absolute atomic E-state index is 12.7. The lowest BCUT2D eigenvalue weighted by atomic mass is 9.98. The molecule has 0 unspecified atom stereocenters. The Labute approximate surface area is 210 Å². The van der Waals surface area contributed by atoms with Crippen LogP contribution < -0.4 is 20.7 Å². The molecule has 2 amide bonds. The van der Waals surface area contributed by atoms with Crippen LogP contribution in [0.2, 0.25) is 0 Å². The van der Waals surface area contributed by atoms with Gasteiger partial charge in [0.05, 0.1) is 55.5 Å². The zero-order chi connectivity index (χ0) is 27.8. The Hall–Kier alpha value is -4.16. The van der Waals surface area contributed by atoms with E-state index in [0.717, 1.165) is 12.8 Å². The number of methoxy groups -OCH3 is 1. The molecular weight excluding hydrogens is 466 g/mol. The van der Waals surface area contributed by atoms with Crippen molar-refractivity contribution in [1.82, 2.24) is 25.5 Å². The number of carbonyl (C=O) groups is 2. The van der Waals surface area contributed by atoms with Crippen molar-refractivity contribution < 1.29 is 28.3 Å². The van der Waals surface area contributed by atoms with Crippen LogP contribution in [0.25, 0.3) is 11.3 Å². The molecule has 1 saturated carbocycles. The number of amides is 2. The molecule has 36 heavy (non-hydrogen) atoms. The lowest BCUT2D eigenvalue weighted by Crippen LogP contribution is -2.47. The van der Waals surface area contributed by atoms with Crippen LogP contribution in [-0.4, -0.2) is 64.4 Å². The number of hydrogen-bond donors (Lipinski definition) is 4. The van der Waals surface area contributed by atoms with Gasteiger partial charge in [-0.3, -0.25) is 19.6 Å². The molecule has 1 aromatic carbocycles. The number of rotatable bonds is 8. The number of aromatic nitrogens is 4. The summed E-state index contributed by atoms with van der Waals surface area (Å²) in [4.78, 5) is 33.7. The number of benzene rings is 1. The van der Waals surface area contributed by atoms with Gasteiger partial charge in [-0.15, -0.1) is 10.2 Å². The van der Waals surface area contributed by atoms with Crippen molar-refractivity contribution in [3.05, 3.63) is 48.0 Å². The minimum Gasteiger partial charge on any atom is -0.494 e. The van der Waals surface area contributed by atoms with E-state index in [1.165, 1.54) is 25.6 Å². The Morgan fingerprint density at radius 1 is 1.19 bits per heavy atom. The monoisotopic (exact) mass is 494 g/mol. The van der Waals surface area contributed by atoms with Crippen molar-refractivity contribution in [2.45, 2.75) is 18.4 Å². The molecule has 186 valence electrons. The molecule has 2 aromatic heterocycles. The maximum Gasteiger partial charge on any atom is 0.273 e. The number of nitrogens with one attached hydrogen (secondary N) is 3. The lowest BCUT2D eigenvalue weighted by Gasteiger charge is -2.35. The Bertz CT molecular complexity index is 1410. The number of ether oxygens (including phenoxy) is 2. The number of para-hydroxylation sites is 1. The van der Waals surface area contributed by atoms with Crippen LogP contribution in [0.3, 0.4) is 0 Å². The summed E-state index contributed by atoms with van der Waals surface area (Å²) in [5, 5.41) is 25.8. The van der Waals surface area contributed by atoms with Gasteiger partial charge in [-0.25, -0.2) is 0 Å². The minimum atomic E-state index is -2.75. The number of aliphatic hydroxyl groups is 1. The SMILES string of the molecule is [2H]C([2H])([2H])NC(=O)c1nnc(NC(=O)C2CC2)cc1Nc1cccc(-c2cnc(C3(O)COC3)cn2)c1OC. The third-order valence-corrected chi connectivity index (χ3v) is 5.90. The number of anilines is 3. The average Bonchev–Trinajstić information content (AvgIpc) is 3.72. The van der Waals surface area contributed by atoms with Crippen LogP contribution in [0.15, 0.2) is 36.7 Å². The number of nitrogens with zero attached hydrogens (tertiary/aromatic N) is 4. The molecule has 12 heteroatoms. The molecule has 2 fully saturated rings. The van der Waals surface area contributed by atoms with E-state index in [1.54, 1.807) is 18.2 Å². The van der Waals surface area contributed by atoms with Gasteiger partial charge in [0.1, 0.15) is 0 Å². The lowest BCUT2D eigenvalue weighted by molar-refractivity contribution is -0.187. The fourth-order valence-electron chi connectivity index (χ4n) is 3.70. The predicted molar refractivity (Wildman–Crippen MR) is 129 cm³/mol. The summed E-state index contributed by atoms with van der Waals surface area (Å²) < 4.78 is 32.8. The van der Waals surface area contributed by atoms with Gasteiger partial charge in [-0.1, -0.05) is 6.07 Å². The predicted octanol–water partition coefficient (Wildman–Crippen LogP) is 1.61. The van der Waals surface area contributed by atoms with E-state index in [1.807, 2.05) is 5.32 Å². The highest BCUT2D eigenvalue weighted by Crippen LogP contribution is 2.38. The number of carbonyl (C=O) groups excluding carboxylic acids is 2. The van der Waals surface area contributed by atoms with Crippen molar-refractivity contribution in [2.75, 3.05) is 37.9 Å². The van der Waals surface area contributed by atoms with Gasteiger partial charge in [0, 0.05) is 28.6 Å². The summed E-state index contributed by atoms with van der Waals surface area (Å²) in [5.74, 6) is -0.861. The van der Waals surface area contributed by atoms with Gasteiger partial charge in [0.2, 0.25) is 5.91 Å². The molecule has 0 atom stereocenters. The summed E-state index contributed by atoms with van der Waals surface area (Å²) in [5.41, 5.74) is 0.405. The normalized spacial score (nSPS) is 17.6. The van der Waals surface area contributed by atoms with Gasteiger partial charge < -0.3 is 30.5 Å². The van der Waals surface area contributed by atoms with E-state index in [-0.39, 0.29) is 42.2 Å². The van der Waals surface area contributed by atoms with Crippen LogP contribution >= 0.6 is 0 Å². The van der Waals surface area contributed by atoms with Crippen LogP contribution in [0, 0.1) is 5.92 Å². The van der Waals surface area contributed by atoms with Crippen molar-refractivity contribution in [3.63, 3.8) is 0 Å². The van der Waals surface area contributed by atoms with Gasteiger partial charge in [-0.2, -0.15) is 0 Å². The second kappa shape index (κ2) is 9.47. The Morgan fingerprint density at radius 3 is 2.67 bits per heavy atom. The van der Waals surface area contributed by atoms with Gasteiger partial charge in [0.25, 0.3) is 5.91 Å². The highest BCUT2D eigenvalue weighted by atomic mass is 16.5. The molecule has 1 aliphatic heterocycles. The number of hydrogen-bond acceptors (Lipinski definition) is 10. The smallest absolute Gasteiger partial charge is 0.273 e. The van der Waals surface area contributed by atoms with E-state index < -0.39 is 18.5 Å². The van der Waals surface area contributed by atoms with Crippen LogP contribution in [0.5, 0.6) is 5.75 Å². The van der Waals surface area contributed by atoms with E-state index in [4.69, 9.17) is 13.6 Å². The maximum atomic E-state index is 12.7. The fraction of sp³-hybridized carbons (Fsp3) is 0.333. The van der Waals surface area contributed by atoms with Crippen molar-refractivity contribution >= 4 is 29.0 Å². The third kappa shape index (κ3) is 4.55. The van der Waals surface area contributed by atoms with E-state index in [9.17, 15) is 14.7 Å². The van der Waals surface area contributed by atoms with Gasteiger partial charge in [-0.05, 0) is 25.0 Å². The van der Waals surface area contributed by atoms with Crippen molar-refractivity contribution in [1.29, 1.82) is 0 Å². The minimum absolute atomic E-state index is 0.0851. The summed E-state index contributed by atoms with van der Waals surface area (Å²) in [6, 6.07) is 6.54. The van der Waals surface area contributed by atoms with E-state index in [2.05, 4.69) is 30.8 Å². The van der Waals surface area contributed by atoms with Gasteiger partial charge in [0.15, 0.2) is 22.9 Å². The molecule has 0 radical (unpaired) electrons. The molecule has 3 heterocycles. The van der Waals surface area contributed by atoms with Gasteiger partial charge >= 0.3 is 0 Å². The zero-order valence-corrected chi connectivity index (χ0v) is 19.2. The molecule has 1 aliphatic carbocycles. The first-order valence-electron chi connectivity index (χ1n) is 12.6. The molecule has 1 saturated heterocycles. The van der Waals surface area contributed by atoms with E-state index in [0.29, 0.717) is 28.4 Å². The summed E-state index contributed by atoms with van der Waals surface area (Å²) in [7, 11) is 1.45. The van der Waals surface area contributed by atoms with E-state index >= 15 is 0 Å². The summed E-state index contributed by atoms with van der Waals surface area (Å²) in [6.07, 6.45) is 4.53. The molecular formula is C24H25N7O5. The summed E-state index contributed by atoms with van der Waals surface area (Å²) >= 11 is 0. The second-order valence-electron chi connectivity index (χ2n) is 8.53. The van der Waals surface area contributed by atoms with Crippen molar-refractivity contribution in [2.24, 2.45) is 5.92 Å². The Morgan fingerprint density at radius 2 is 2.03 bits per heavy atom. The first-order valence-corrected chi connectivity index (χ1v) is 11.1. The van der Waals surface area contributed by atoms with Crippen molar-refractivity contribution in [3.8, 4) is 17.0 Å². The van der Waals surface area contributed by atoms with Crippen LogP contribution in [0.1, 0.15) is 33.1 Å². The second-order valence-corrected chi connectivity index (χ2v) is 8.53. The molecule has 3 aromatic rings. The first-order chi connectivity index (χ1) is 18.6. The molecule has 5 rings (SSSR count). The molecule has 2 aliphatic rings. The molecule has 12 nitrogen and oxygen atoms in total. The highest BCUT2D eigenvalue weighted by Gasteiger charge is 2.39. The molecule has 0 spiro atoms.